The fourth-order valence-corrected chi connectivity index (χ4v) is 3.78. The molecule has 1 aromatic rings. The molecule has 0 spiro atoms. The monoisotopic (exact) mass is 272 g/mol. The summed E-state index contributed by atoms with van der Waals surface area (Å²) in [4.78, 5) is 11.8. The maximum atomic E-state index is 11.8. The van der Waals surface area contributed by atoms with E-state index in [0.29, 0.717) is 17.9 Å². The second-order valence-electron chi connectivity index (χ2n) is 4.65. The standard InChI is InChI=1S/C11H16N2O4S/c1-7-10(8(2)17-13-7)5-11(14)12-9-3-4-18(15,16)6-9/h9H,3-6H2,1-2H3,(H,12,14). The first-order valence-electron chi connectivity index (χ1n) is 5.79. The molecule has 1 amide bonds. The molecule has 0 bridgehead atoms. The van der Waals surface area contributed by atoms with Crippen molar-refractivity contribution in [1.82, 2.24) is 10.5 Å². The van der Waals surface area contributed by atoms with Crippen LogP contribution in [0.15, 0.2) is 4.52 Å². The number of hydrogen-bond acceptors (Lipinski definition) is 5. The van der Waals surface area contributed by atoms with Crippen LogP contribution in [-0.2, 0) is 21.1 Å². The van der Waals surface area contributed by atoms with E-state index in [2.05, 4.69) is 10.5 Å². The summed E-state index contributed by atoms with van der Waals surface area (Å²) in [6.07, 6.45) is 0.674. The second kappa shape index (κ2) is 4.72. The molecule has 0 radical (unpaired) electrons. The van der Waals surface area contributed by atoms with Gasteiger partial charge in [-0.1, -0.05) is 5.16 Å². The van der Waals surface area contributed by atoms with E-state index in [1.54, 1.807) is 13.8 Å². The van der Waals surface area contributed by atoms with Gasteiger partial charge in [0, 0.05) is 11.6 Å². The molecule has 1 aliphatic heterocycles. The largest absolute Gasteiger partial charge is 0.361 e. The van der Waals surface area contributed by atoms with E-state index < -0.39 is 9.84 Å². The molecule has 1 N–H and O–H groups in total. The predicted molar refractivity (Wildman–Crippen MR) is 64.9 cm³/mol. The molecule has 1 atom stereocenters. The number of nitrogens with one attached hydrogen (secondary N) is 1. The second-order valence-corrected chi connectivity index (χ2v) is 6.88. The third-order valence-corrected chi connectivity index (χ3v) is 4.88. The smallest absolute Gasteiger partial charge is 0.224 e. The fourth-order valence-electron chi connectivity index (χ4n) is 2.10. The molecule has 100 valence electrons. The van der Waals surface area contributed by atoms with Crippen LogP contribution in [-0.4, -0.2) is 37.0 Å². The SMILES string of the molecule is Cc1noc(C)c1CC(=O)NC1CCS(=O)(=O)C1. The van der Waals surface area contributed by atoms with Crippen molar-refractivity contribution in [1.29, 1.82) is 0 Å². The van der Waals surface area contributed by atoms with Crippen LogP contribution in [0, 0.1) is 13.8 Å². The Morgan fingerprint density at radius 2 is 2.22 bits per heavy atom. The van der Waals surface area contributed by atoms with Crippen molar-refractivity contribution in [3.05, 3.63) is 17.0 Å². The minimum absolute atomic E-state index is 0.0420. The highest BCUT2D eigenvalue weighted by molar-refractivity contribution is 7.91. The Hall–Kier alpha value is -1.37. The molecule has 18 heavy (non-hydrogen) atoms. The van der Waals surface area contributed by atoms with Crippen molar-refractivity contribution in [2.75, 3.05) is 11.5 Å². The summed E-state index contributed by atoms with van der Waals surface area (Å²) in [5.41, 5.74) is 1.47. The summed E-state index contributed by atoms with van der Waals surface area (Å²) in [5, 5.41) is 6.51. The van der Waals surface area contributed by atoms with Crippen molar-refractivity contribution in [2.24, 2.45) is 0 Å². The summed E-state index contributed by atoms with van der Waals surface area (Å²) < 4.78 is 27.5. The summed E-state index contributed by atoms with van der Waals surface area (Å²) in [6, 6.07) is -0.261. The minimum Gasteiger partial charge on any atom is -0.361 e. The van der Waals surface area contributed by atoms with E-state index in [1.807, 2.05) is 0 Å². The maximum absolute atomic E-state index is 11.8. The zero-order valence-electron chi connectivity index (χ0n) is 10.4. The van der Waals surface area contributed by atoms with E-state index in [9.17, 15) is 13.2 Å². The Balaban J connectivity index is 1.94. The van der Waals surface area contributed by atoms with Crippen LogP contribution in [0.5, 0.6) is 0 Å². The number of carbonyl (C=O) groups is 1. The predicted octanol–water partition coefficient (Wildman–Crippen LogP) is 0.137. The number of aromatic nitrogens is 1. The molecular formula is C11H16N2O4S. The zero-order valence-corrected chi connectivity index (χ0v) is 11.2. The molecule has 7 heteroatoms. The van der Waals surface area contributed by atoms with Crippen molar-refractivity contribution >= 4 is 15.7 Å². The zero-order chi connectivity index (χ0) is 13.3. The van der Waals surface area contributed by atoms with Gasteiger partial charge in [-0.2, -0.15) is 0 Å². The summed E-state index contributed by atoms with van der Waals surface area (Å²) in [7, 11) is -2.97. The third kappa shape index (κ3) is 2.90. The number of sulfone groups is 1. The van der Waals surface area contributed by atoms with Gasteiger partial charge in [0.1, 0.15) is 5.76 Å². The van der Waals surface area contributed by atoms with Crippen LogP contribution in [0.3, 0.4) is 0 Å². The third-order valence-electron chi connectivity index (χ3n) is 3.12. The number of amides is 1. The maximum Gasteiger partial charge on any atom is 0.224 e. The molecule has 6 nitrogen and oxygen atoms in total. The first-order valence-corrected chi connectivity index (χ1v) is 7.61. The van der Waals surface area contributed by atoms with Crippen LogP contribution in [0.2, 0.25) is 0 Å². The first kappa shape index (κ1) is 13.1. The Bertz CT molecular complexity index is 542. The normalized spacial score (nSPS) is 22.0. The van der Waals surface area contributed by atoms with Gasteiger partial charge in [0.25, 0.3) is 0 Å². The van der Waals surface area contributed by atoms with Crippen LogP contribution in [0.25, 0.3) is 0 Å². The fraction of sp³-hybridized carbons (Fsp3) is 0.636. The van der Waals surface area contributed by atoms with Crippen molar-refractivity contribution < 1.29 is 17.7 Å². The lowest BCUT2D eigenvalue weighted by Crippen LogP contribution is -2.36. The van der Waals surface area contributed by atoms with E-state index in [4.69, 9.17) is 4.52 Å². The summed E-state index contributed by atoms with van der Waals surface area (Å²) >= 11 is 0. The minimum atomic E-state index is -2.97. The topological polar surface area (TPSA) is 89.3 Å². The van der Waals surface area contributed by atoms with Crippen molar-refractivity contribution in [2.45, 2.75) is 32.7 Å². The lowest BCUT2D eigenvalue weighted by Gasteiger charge is -2.10. The van der Waals surface area contributed by atoms with Gasteiger partial charge >= 0.3 is 0 Å². The molecule has 1 saturated heterocycles. The van der Waals surface area contributed by atoms with Gasteiger partial charge in [-0.3, -0.25) is 4.79 Å². The van der Waals surface area contributed by atoms with Crippen LogP contribution >= 0.6 is 0 Å². The molecule has 0 aliphatic carbocycles. The molecule has 2 rings (SSSR count). The highest BCUT2D eigenvalue weighted by atomic mass is 32.2. The molecule has 1 unspecified atom stereocenters. The highest BCUT2D eigenvalue weighted by Crippen LogP contribution is 2.14. The number of nitrogens with zero attached hydrogens (tertiary/aromatic N) is 1. The summed E-state index contributed by atoms with van der Waals surface area (Å²) in [5.74, 6) is 0.636. The van der Waals surface area contributed by atoms with Gasteiger partial charge in [-0.15, -0.1) is 0 Å². The quantitative estimate of drug-likeness (QED) is 0.845. The van der Waals surface area contributed by atoms with Gasteiger partial charge in [0.2, 0.25) is 5.91 Å². The van der Waals surface area contributed by atoms with E-state index in [1.165, 1.54) is 0 Å². The Kier molecular flexibility index (Phi) is 3.43. The van der Waals surface area contributed by atoms with Gasteiger partial charge in [-0.05, 0) is 20.3 Å². The van der Waals surface area contributed by atoms with Crippen molar-refractivity contribution in [3.63, 3.8) is 0 Å². The number of aryl methyl sites for hydroxylation is 2. The van der Waals surface area contributed by atoms with E-state index in [0.717, 1.165) is 5.56 Å². The highest BCUT2D eigenvalue weighted by Gasteiger charge is 2.29. The molecule has 0 saturated carbocycles. The molecule has 0 aromatic carbocycles. The van der Waals surface area contributed by atoms with Crippen molar-refractivity contribution in [3.8, 4) is 0 Å². The van der Waals surface area contributed by atoms with Crippen LogP contribution < -0.4 is 5.32 Å². The average Bonchev–Trinajstić information content (AvgIpc) is 2.75. The van der Waals surface area contributed by atoms with Gasteiger partial charge in [-0.25, -0.2) is 8.42 Å². The Morgan fingerprint density at radius 1 is 1.50 bits per heavy atom. The van der Waals surface area contributed by atoms with E-state index >= 15 is 0 Å². The number of carbonyl (C=O) groups excluding carboxylic acids is 1. The van der Waals surface area contributed by atoms with E-state index in [-0.39, 0.29) is 29.9 Å². The van der Waals surface area contributed by atoms with Crippen LogP contribution in [0.4, 0.5) is 0 Å². The average molecular weight is 272 g/mol. The van der Waals surface area contributed by atoms with Gasteiger partial charge < -0.3 is 9.84 Å². The summed E-state index contributed by atoms with van der Waals surface area (Å²) in [6.45, 7) is 3.53. The molecular weight excluding hydrogens is 256 g/mol. The Morgan fingerprint density at radius 3 is 2.72 bits per heavy atom. The molecule has 1 fully saturated rings. The van der Waals surface area contributed by atoms with Gasteiger partial charge in [0.15, 0.2) is 9.84 Å². The lowest BCUT2D eigenvalue weighted by molar-refractivity contribution is -0.121. The molecule has 1 aliphatic rings. The first-order chi connectivity index (χ1) is 8.37. The van der Waals surface area contributed by atoms with Gasteiger partial charge in [0.05, 0.1) is 23.6 Å². The number of hydrogen-bond donors (Lipinski definition) is 1. The number of rotatable bonds is 3. The molecule has 2 heterocycles. The lowest BCUT2D eigenvalue weighted by atomic mass is 10.1. The Labute approximate surface area is 106 Å². The molecule has 1 aromatic heterocycles. The van der Waals surface area contributed by atoms with Crippen LogP contribution in [0.1, 0.15) is 23.4 Å².